The molecule has 18 heavy (non-hydrogen) atoms. The van der Waals surface area contributed by atoms with E-state index in [0.717, 1.165) is 15.7 Å². The molecule has 0 aliphatic carbocycles. The highest BCUT2D eigenvalue weighted by molar-refractivity contribution is 9.10. The van der Waals surface area contributed by atoms with Crippen molar-refractivity contribution in [3.63, 3.8) is 0 Å². The molecule has 2 rings (SSSR count). The second-order valence-corrected chi connectivity index (χ2v) is 5.18. The standard InChI is InChI=1S/C15H14BrNO/c1-10-6-7-12(13(16)9-10)15(18)11(2)14-5-3-4-8-17-14/h3-9,11H,1-2H3. The van der Waals surface area contributed by atoms with Crippen molar-refractivity contribution in [2.24, 2.45) is 0 Å². The zero-order chi connectivity index (χ0) is 13.1. The predicted octanol–water partition coefficient (Wildman–Crippen LogP) is 4.14. The van der Waals surface area contributed by atoms with Gasteiger partial charge in [0.1, 0.15) is 0 Å². The molecule has 1 aromatic carbocycles. The Bertz CT molecular complexity index is 566. The number of hydrogen-bond donors (Lipinski definition) is 0. The zero-order valence-electron chi connectivity index (χ0n) is 10.4. The Labute approximate surface area is 115 Å². The van der Waals surface area contributed by atoms with Crippen molar-refractivity contribution in [2.45, 2.75) is 19.8 Å². The van der Waals surface area contributed by atoms with E-state index in [1.165, 1.54) is 0 Å². The van der Waals surface area contributed by atoms with Crippen molar-refractivity contribution in [1.82, 2.24) is 4.98 Å². The third-order valence-corrected chi connectivity index (χ3v) is 3.57. The number of pyridine rings is 1. The summed E-state index contributed by atoms with van der Waals surface area (Å²) in [5, 5.41) is 0. The van der Waals surface area contributed by atoms with Crippen molar-refractivity contribution in [2.75, 3.05) is 0 Å². The van der Waals surface area contributed by atoms with Gasteiger partial charge in [-0.05, 0) is 43.7 Å². The summed E-state index contributed by atoms with van der Waals surface area (Å²) < 4.78 is 0.843. The first-order chi connectivity index (χ1) is 8.59. The molecule has 1 heterocycles. The van der Waals surface area contributed by atoms with Gasteiger partial charge in [0, 0.05) is 16.2 Å². The molecule has 1 aromatic heterocycles. The fraction of sp³-hybridized carbons (Fsp3) is 0.200. The summed E-state index contributed by atoms with van der Waals surface area (Å²) in [5.74, 6) is -0.147. The predicted molar refractivity (Wildman–Crippen MR) is 75.9 cm³/mol. The molecule has 3 heteroatoms. The Kier molecular flexibility index (Phi) is 3.92. The summed E-state index contributed by atoms with van der Waals surface area (Å²) in [6.45, 7) is 3.89. The highest BCUT2D eigenvalue weighted by atomic mass is 79.9. The normalized spacial score (nSPS) is 12.2. The highest BCUT2D eigenvalue weighted by Gasteiger charge is 2.20. The first kappa shape index (κ1) is 13.0. The van der Waals surface area contributed by atoms with Gasteiger partial charge in [-0.2, -0.15) is 0 Å². The number of benzene rings is 1. The Morgan fingerprint density at radius 3 is 2.67 bits per heavy atom. The molecule has 2 nitrogen and oxygen atoms in total. The maximum absolute atomic E-state index is 12.4. The van der Waals surface area contributed by atoms with E-state index in [-0.39, 0.29) is 11.7 Å². The number of halogens is 1. The monoisotopic (exact) mass is 303 g/mol. The van der Waals surface area contributed by atoms with E-state index >= 15 is 0 Å². The Balaban J connectivity index is 2.32. The zero-order valence-corrected chi connectivity index (χ0v) is 11.9. The van der Waals surface area contributed by atoms with Gasteiger partial charge in [0.05, 0.1) is 11.6 Å². The molecule has 0 N–H and O–H groups in total. The van der Waals surface area contributed by atoms with Gasteiger partial charge >= 0.3 is 0 Å². The average Bonchev–Trinajstić information content (AvgIpc) is 2.38. The lowest BCUT2D eigenvalue weighted by atomic mass is 9.95. The lowest BCUT2D eigenvalue weighted by Gasteiger charge is -2.11. The molecule has 0 aliphatic rings. The van der Waals surface area contributed by atoms with E-state index in [1.54, 1.807) is 6.20 Å². The molecule has 92 valence electrons. The summed E-state index contributed by atoms with van der Waals surface area (Å²) >= 11 is 3.45. The number of ketones is 1. The minimum atomic E-state index is -0.231. The first-order valence-electron chi connectivity index (χ1n) is 5.81. The molecule has 0 spiro atoms. The molecule has 2 aromatic rings. The van der Waals surface area contributed by atoms with E-state index < -0.39 is 0 Å². The topological polar surface area (TPSA) is 30.0 Å². The van der Waals surface area contributed by atoms with Crippen LogP contribution in [0.5, 0.6) is 0 Å². The van der Waals surface area contributed by atoms with Gasteiger partial charge in [0.25, 0.3) is 0 Å². The summed E-state index contributed by atoms with van der Waals surface area (Å²) in [7, 11) is 0. The molecule has 1 unspecified atom stereocenters. The van der Waals surface area contributed by atoms with Gasteiger partial charge in [-0.25, -0.2) is 0 Å². The van der Waals surface area contributed by atoms with Crippen LogP contribution < -0.4 is 0 Å². The van der Waals surface area contributed by atoms with E-state index in [4.69, 9.17) is 0 Å². The fourth-order valence-electron chi connectivity index (χ4n) is 1.82. The van der Waals surface area contributed by atoms with Gasteiger partial charge in [-0.1, -0.05) is 28.1 Å². The van der Waals surface area contributed by atoms with Crippen LogP contribution in [0.2, 0.25) is 0 Å². The molecule has 0 aliphatic heterocycles. The number of aromatic nitrogens is 1. The molecule has 0 fully saturated rings. The Hall–Kier alpha value is -1.48. The van der Waals surface area contributed by atoms with Gasteiger partial charge in [-0.15, -0.1) is 0 Å². The Morgan fingerprint density at radius 1 is 1.28 bits per heavy atom. The van der Waals surface area contributed by atoms with Gasteiger partial charge in [-0.3, -0.25) is 9.78 Å². The quantitative estimate of drug-likeness (QED) is 0.798. The van der Waals surface area contributed by atoms with Crippen LogP contribution in [0.15, 0.2) is 47.1 Å². The molecule has 1 atom stereocenters. The SMILES string of the molecule is Cc1ccc(C(=O)C(C)c2ccccn2)c(Br)c1. The molecular weight excluding hydrogens is 290 g/mol. The first-order valence-corrected chi connectivity index (χ1v) is 6.60. The molecule has 0 saturated carbocycles. The summed E-state index contributed by atoms with van der Waals surface area (Å²) in [6, 6.07) is 11.4. The smallest absolute Gasteiger partial charge is 0.172 e. The van der Waals surface area contributed by atoms with Gasteiger partial charge in [0.2, 0.25) is 0 Å². The number of aryl methyl sites for hydroxylation is 1. The Morgan fingerprint density at radius 2 is 2.06 bits per heavy atom. The van der Waals surface area contributed by atoms with Crippen molar-refractivity contribution >= 4 is 21.7 Å². The van der Waals surface area contributed by atoms with E-state index in [9.17, 15) is 4.79 Å². The van der Waals surface area contributed by atoms with Crippen molar-refractivity contribution in [1.29, 1.82) is 0 Å². The molecular formula is C15H14BrNO. The average molecular weight is 304 g/mol. The van der Waals surface area contributed by atoms with Crippen molar-refractivity contribution < 1.29 is 4.79 Å². The third kappa shape index (κ3) is 2.67. The molecule has 0 amide bonds. The minimum Gasteiger partial charge on any atom is -0.293 e. The van der Waals surface area contributed by atoms with Crippen molar-refractivity contribution in [3.05, 3.63) is 63.9 Å². The molecule has 0 saturated heterocycles. The highest BCUT2D eigenvalue weighted by Crippen LogP contribution is 2.25. The van der Waals surface area contributed by atoms with Crippen LogP contribution in [-0.4, -0.2) is 10.8 Å². The van der Waals surface area contributed by atoms with Crippen molar-refractivity contribution in [3.8, 4) is 0 Å². The largest absolute Gasteiger partial charge is 0.293 e. The fourth-order valence-corrected chi connectivity index (χ4v) is 2.51. The van der Waals surface area contributed by atoms with E-state index in [2.05, 4.69) is 20.9 Å². The lowest BCUT2D eigenvalue weighted by molar-refractivity contribution is 0.0964. The summed E-state index contributed by atoms with van der Waals surface area (Å²) in [5.41, 5.74) is 2.64. The van der Waals surface area contributed by atoms with Crippen LogP contribution in [0.4, 0.5) is 0 Å². The number of Topliss-reactive ketones (excluding diaryl/α,β-unsaturated/α-hetero) is 1. The lowest BCUT2D eigenvalue weighted by Crippen LogP contribution is -2.11. The number of carbonyl (C=O) groups excluding carboxylic acids is 1. The van der Waals surface area contributed by atoms with Gasteiger partial charge < -0.3 is 0 Å². The van der Waals surface area contributed by atoms with Crippen LogP contribution >= 0.6 is 15.9 Å². The molecule has 0 bridgehead atoms. The summed E-state index contributed by atoms with van der Waals surface area (Å²) in [4.78, 5) is 16.6. The van der Waals surface area contributed by atoms with Crippen LogP contribution in [0.3, 0.4) is 0 Å². The van der Waals surface area contributed by atoms with E-state index in [0.29, 0.717) is 5.56 Å². The number of rotatable bonds is 3. The molecule has 0 radical (unpaired) electrons. The number of carbonyl (C=O) groups is 1. The number of nitrogens with zero attached hydrogens (tertiary/aromatic N) is 1. The minimum absolute atomic E-state index is 0.0839. The number of hydrogen-bond acceptors (Lipinski definition) is 2. The maximum atomic E-state index is 12.4. The van der Waals surface area contributed by atoms with Gasteiger partial charge in [0.15, 0.2) is 5.78 Å². The van der Waals surface area contributed by atoms with Crippen LogP contribution in [0, 0.1) is 6.92 Å². The van der Waals surface area contributed by atoms with Crippen LogP contribution in [0.25, 0.3) is 0 Å². The second kappa shape index (κ2) is 5.44. The summed E-state index contributed by atoms with van der Waals surface area (Å²) in [6.07, 6.45) is 1.71. The third-order valence-electron chi connectivity index (χ3n) is 2.91. The van der Waals surface area contributed by atoms with Crippen LogP contribution in [-0.2, 0) is 0 Å². The maximum Gasteiger partial charge on any atom is 0.172 e. The van der Waals surface area contributed by atoms with Crippen LogP contribution in [0.1, 0.15) is 34.5 Å². The van der Waals surface area contributed by atoms with E-state index in [1.807, 2.05) is 50.2 Å². The second-order valence-electron chi connectivity index (χ2n) is 4.32.